The second kappa shape index (κ2) is 6.39. The Morgan fingerprint density at radius 1 is 1.21 bits per heavy atom. The van der Waals surface area contributed by atoms with Gasteiger partial charge in [-0.15, -0.1) is 11.3 Å². The van der Waals surface area contributed by atoms with Gasteiger partial charge in [0.25, 0.3) is 5.91 Å². The van der Waals surface area contributed by atoms with Crippen LogP contribution in [0.15, 0.2) is 23.7 Å². The van der Waals surface area contributed by atoms with Crippen LogP contribution in [0.25, 0.3) is 0 Å². The van der Waals surface area contributed by atoms with Crippen molar-refractivity contribution in [2.24, 2.45) is 0 Å². The molecule has 1 saturated heterocycles. The van der Waals surface area contributed by atoms with E-state index in [-0.39, 0.29) is 17.2 Å². The molecule has 0 aliphatic carbocycles. The van der Waals surface area contributed by atoms with Gasteiger partial charge in [0.1, 0.15) is 5.69 Å². The number of rotatable bonds is 2. The Balaban J connectivity index is 1.69. The molecule has 1 aliphatic rings. The summed E-state index contributed by atoms with van der Waals surface area (Å²) in [6.45, 7) is 3.71. The summed E-state index contributed by atoms with van der Waals surface area (Å²) in [4.78, 5) is 24.0. The van der Waals surface area contributed by atoms with Crippen LogP contribution in [0.1, 0.15) is 21.7 Å². The van der Waals surface area contributed by atoms with Gasteiger partial charge in [-0.1, -0.05) is 0 Å². The van der Waals surface area contributed by atoms with Gasteiger partial charge in [-0.05, 0) is 19.1 Å². The summed E-state index contributed by atoms with van der Waals surface area (Å²) in [7, 11) is 0. The Bertz CT molecular complexity index is 725. The quantitative estimate of drug-likeness (QED) is 0.830. The van der Waals surface area contributed by atoms with E-state index in [4.69, 9.17) is 0 Å². The Morgan fingerprint density at radius 2 is 1.92 bits per heavy atom. The molecule has 0 unspecified atom stereocenters. The topological polar surface area (TPSA) is 49.3 Å². The summed E-state index contributed by atoms with van der Waals surface area (Å²) in [5.41, 5.74) is -0.673. The van der Waals surface area contributed by atoms with E-state index in [1.54, 1.807) is 11.1 Å². The van der Waals surface area contributed by atoms with Crippen molar-refractivity contribution >= 4 is 22.4 Å². The van der Waals surface area contributed by atoms with Crippen molar-refractivity contribution in [2.75, 3.05) is 31.1 Å². The number of piperazine rings is 1. The van der Waals surface area contributed by atoms with Crippen LogP contribution in [0.4, 0.5) is 18.3 Å². The zero-order valence-corrected chi connectivity index (χ0v) is 13.7. The van der Waals surface area contributed by atoms with Crippen LogP contribution in [0.2, 0.25) is 0 Å². The minimum atomic E-state index is -4.51. The molecule has 0 bridgehead atoms. The number of aromatic nitrogens is 2. The first-order valence-corrected chi connectivity index (χ1v) is 8.23. The third-order valence-corrected chi connectivity index (χ3v) is 4.70. The molecule has 0 saturated carbocycles. The van der Waals surface area contributed by atoms with Crippen molar-refractivity contribution in [1.82, 2.24) is 14.9 Å². The second-order valence-electron chi connectivity index (χ2n) is 5.42. The maximum absolute atomic E-state index is 12.7. The molecular formula is C15H15F3N4OS. The van der Waals surface area contributed by atoms with Gasteiger partial charge in [0.2, 0.25) is 0 Å². The van der Waals surface area contributed by atoms with Crippen LogP contribution in [-0.2, 0) is 6.18 Å². The molecule has 2 aromatic heterocycles. The molecule has 3 rings (SSSR count). The molecule has 1 aliphatic heterocycles. The number of thiazole rings is 1. The SMILES string of the molecule is Cc1nc(C(F)(F)F)ccc1C(=O)N1CCN(c2nccs2)CC1. The number of carbonyl (C=O) groups is 1. The summed E-state index contributed by atoms with van der Waals surface area (Å²) in [5.74, 6) is -0.285. The third kappa shape index (κ3) is 3.35. The number of anilines is 1. The lowest BCUT2D eigenvalue weighted by Crippen LogP contribution is -2.49. The van der Waals surface area contributed by atoms with Crippen molar-refractivity contribution in [3.05, 3.63) is 40.7 Å². The van der Waals surface area contributed by atoms with E-state index in [9.17, 15) is 18.0 Å². The summed E-state index contributed by atoms with van der Waals surface area (Å²) < 4.78 is 38.0. The zero-order chi connectivity index (χ0) is 17.3. The summed E-state index contributed by atoms with van der Waals surface area (Å²) in [5, 5.41) is 2.80. The molecule has 128 valence electrons. The molecule has 3 heterocycles. The summed E-state index contributed by atoms with van der Waals surface area (Å²) in [6.07, 6.45) is -2.78. The predicted molar refractivity (Wildman–Crippen MR) is 84.2 cm³/mol. The average molecular weight is 356 g/mol. The van der Waals surface area contributed by atoms with E-state index in [2.05, 4.69) is 14.9 Å². The van der Waals surface area contributed by atoms with E-state index >= 15 is 0 Å². The second-order valence-corrected chi connectivity index (χ2v) is 6.29. The first-order valence-electron chi connectivity index (χ1n) is 7.35. The number of pyridine rings is 1. The van der Waals surface area contributed by atoms with Crippen LogP contribution in [0.3, 0.4) is 0 Å². The van der Waals surface area contributed by atoms with Crippen molar-refractivity contribution in [1.29, 1.82) is 0 Å². The van der Waals surface area contributed by atoms with E-state index in [0.29, 0.717) is 26.2 Å². The summed E-state index contributed by atoms with van der Waals surface area (Å²) >= 11 is 1.54. The van der Waals surface area contributed by atoms with Crippen molar-refractivity contribution < 1.29 is 18.0 Å². The first-order chi connectivity index (χ1) is 11.4. The van der Waals surface area contributed by atoms with Gasteiger partial charge < -0.3 is 9.80 Å². The normalized spacial score (nSPS) is 15.7. The minimum absolute atomic E-state index is 0.0946. The molecule has 2 aromatic rings. The lowest BCUT2D eigenvalue weighted by molar-refractivity contribution is -0.141. The minimum Gasteiger partial charge on any atom is -0.345 e. The number of amides is 1. The molecular weight excluding hydrogens is 341 g/mol. The maximum Gasteiger partial charge on any atom is 0.433 e. The van der Waals surface area contributed by atoms with E-state index < -0.39 is 11.9 Å². The zero-order valence-electron chi connectivity index (χ0n) is 12.9. The van der Waals surface area contributed by atoms with Gasteiger partial charge in [-0.3, -0.25) is 4.79 Å². The molecule has 0 N–H and O–H groups in total. The van der Waals surface area contributed by atoms with Crippen LogP contribution in [0, 0.1) is 6.92 Å². The number of aryl methyl sites for hydroxylation is 1. The fourth-order valence-corrected chi connectivity index (χ4v) is 3.29. The van der Waals surface area contributed by atoms with E-state index in [0.717, 1.165) is 11.2 Å². The van der Waals surface area contributed by atoms with Crippen molar-refractivity contribution in [2.45, 2.75) is 13.1 Å². The number of alkyl halides is 3. The number of carbonyl (C=O) groups excluding carboxylic acids is 1. The highest BCUT2D eigenvalue weighted by Gasteiger charge is 2.33. The highest BCUT2D eigenvalue weighted by atomic mass is 32.1. The number of halogens is 3. The Morgan fingerprint density at radius 3 is 2.46 bits per heavy atom. The van der Waals surface area contributed by atoms with Gasteiger partial charge >= 0.3 is 6.18 Å². The molecule has 1 fully saturated rings. The molecule has 0 spiro atoms. The Hall–Kier alpha value is -2.16. The molecule has 24 heavy (non-hydrogen) atoms. The monoisotopic (exact) mass is 356 g/mol. The average Bonchev–Trinajstić information content (AvgIpc) is 3.08. The Labute approximate surface area is 140 Å². The molecule has 5 nitrogen and oxygen atoms in total. The van der Waals surface area contributed by atoms with Crippen LogP contribution >= 0.6 is 11.3 Å². The highest BCUT2D eigenvalue weighted by molar-refractivity contribution is 7.13. The number of hydrogen-bond donors (Lipinski definition) is 0. The highest BCUT2D eigenvalue weighted by Crippen LogP contribution is 2.28. The van der Waals surface area contributed by atoms with Gasteiger partial charge in [-0.2, -0.15) is 13.2 Å². The maximum atomic E-state index is 12.7. The summed E-state index contributed by atoms with van der Waals surface area (Å²) in [6, 6.07) is 2.06. The van der Waals surface area contributed by atoms with Crippen LogP contribution in [0.5, 0.6) is 0 Å². The fraction of sp³-hybridized carbons (Fsp3) is 0.400. The Kier molecular flexibility index (Phi) is 4.44. The standard InChI is InChI=1S/C15H15F3N4OS/c1-10-11(2-3-12(20-10)15(16,17)18)13(23)21-5-7-22(8-6-21)14-19-4-9-24-14/h2-4,9H,5-8H2,1H3. The largest absolute Gasteiger partial charge is 0.433 e. The van der Waals surface area contributed by atoms with Crippen molar-refractivity contribution in [3.63, 3.8) is 0 Å². The fourth-order valence-electron chi connectivity index (χ4n) is 2.59. The molecule has 0 aromatic carbocycles. The van der Waals surface area contributed by atoms with Gasteiger partial charge in [0.15, 0.2) is 5.13 Å². The third-order valence-electron chi connectivity index (χ3n) is 3.86. The molecule has 1 amide bonds. The number of hydrogen-bond acceptors (Lipinski definition) is 5. The van der Waals surface area contributed by atoms with Crippen LogP contribution in [-0.4, -0.2) is 47.0 Å². The molecule has 0 radical (unpaired) electrons. The lowest BCUT2D eigenvalue weighted by atomic mass is 10.1. The van der Waals surface area contributed by atoms with Gasteiger partial charge in [-0.25, -0.2) is 9.97 Å². The molecule has 0 atom stereocenters. The van der Waals surface area contributed by atoms with Crippen molar-refractivity contribution in [3.8, 4) is 0 Å². The van der Waals surface area contributed by atoms with Gasteiger partial charge in [0.05, 0.1) is 11.3 Å². The first kappa shape index (κ1) is 16.7. The number of nitrogens with zero attached hydrogens (tertiary/aromatic N) is 4. The lowest BCUT2D eigenvalue weighted by Gasteiger charge is -2.34. The van der Waals surface area contributed by atoms with E-state index in [1.165, 1.54) is 24.3 Å². The molecule has 9 heteroatoms. The van der Waals surface area contributed by atoms with Gasteiger partial charge in [0, 0.05) is 37.8 Å². The predicted octanol–water partition coefficient (Wildman–Crippen LogP) is 2.83. The van der Waals surface area contributed by atoms with E-state index in [1.807, 2.05) is 5.38 Å². The smallest absolute Gasteiger partial charge is 0.345 e. The van der Waals surface area contributed by atoms with Crippen LogP contribution < -0.4 is 4.90 Å².